The predicted molar refractivity (Wildman–Crippen MR) is 91.5 cm³/mol. The Balaban J connectivity index is 2.45. The minimum absolute atomic E-state index is 0.00397. The topological polar surface area (TPSA) is 60.9 Å². The molecule has 0 unspecified atom stereocenters. The molecule has 0 saturated carbocycles. The Morgan fingerprint density at radius 2 is 2.04 bits per heavy atom. The second kappa shape index (κ2) is 5.83. The van der Waals surface area contributed by atoms with Crippen LogP contribution in [0, 0.1) is 5.82 Å². The average molecular weight is 352 g/mol. The molecule has 0 spiro atoms. The number of benzene rings is 1. The molecule has 0 aliphatic rings. The number of rotatable bonds is 2. The van der Waals surface area contributed by atoms with Gasteiger partial charge in [0.15, 0.2) is 5.82 Å². The van der Waals surface area contributed by atoms with Gasteiger partial charge in [-0.3, -0.25) is 4.79 Å². The first kappa shape index (κ1) is 15.8. The number of nitrogens with zero attached hydrogens (tertiary/aromatic N) is 2. The van der Waals surface area contributed by atoms with Gasteiger partial charge in [-0.1, -0.05) is 23.2 Å². The van der Waals surface area contributed by atoms with Crippen molar-refractivity contribution >= 4 is 39.8 Å². The minimum Gasteiger partial charge on any atom is -0.396 e. The fourth-order valence-corrected chi connectivity index (χ4v) is 2.96. The van der Waals surface area contributed by atoms with Crippen LogP contribution in [0.5, 0.6) is 0 Å². The van der Waals surface area contributed by atoms with E-state index in [1.807, 2.05) is 6.92 Å². The molecule has 2 N–H and O–H groups in total. The van der Waals surface area contributed by atoms with Crippen LogP contribution in [-0.2, 0) is 6.54 Å². The Morgan fingerprint density at radius 1 is 1.30 bits per heavy atom. The Kier molecular flexibility index (Phi) is 4.00. The van der Waals surface area contributed by atoms with Crippen molar-refractivity contribution in [1.82, 2.24) is 9.55 Å². The zero-order valence-corrected chi connectivity index (χ0v) is 13.6. The Morgan fingerprint density at radius 3 is 2.74 bits per heavy atom. The normalized spacial score (nSPS) is 11.1. The summed E-state index contributed by atoms with van der Waals surface area (Å²) in [5, 5.41) is 1.06. The summed E-state index contributed by atoms with van der Waals surface area (Å²) < 4.78 is 15.9. The Hall–Kier alpha value is -2.11. The van der Waals surface area contributed by atoms with Crippen molar-refractivity contribution in [3.05, 3.63) is 56.8 Å². The zero-order chi connectivity index (χ0) is 16.7. The van der Waals surface area contributed by atoms with Crippen molar-refractivity contribution in [2.45, 2.75) is 13.5 Å². The van der Waals surface area contributed by atoms with Crippen molar-refractivity contribution in [3.63, 3.8) is 0 Å². The molecule has 4 nitrogen and oxygen atoms in total. The summed E-state index contributed by atoms with van der Waals surface area (Å²) in [4.78, 5) is 16.8. The summed E-state index contributed by atoms with van der Waals surface area (Å²) >= 11 is 12.0. The second-order valence-electron chi connectivity index (χ2n) is 5.00. The molecule has 0 radical (unpaired) electrons. The Bertz CT molecular complexity index is 985. The number of hydrogen-bond donors (Lipinski definition) is 1. The molecule has 7 heteroatoms. The highest BCUT2D eigenvalue weighted by Crippen LogP contribution is 2.33. The van der Waals surface area contributed by atoms with Crippen LogP contribution in [0.2, 0.25) is 10.2 Å². The molecule has 0 aliphatic carbocycles. The van der Waals surface area contributed by atoms with Crippen LogP contribution in [0.15, 0.2) is 35.3 Å². The number of aryl methyl sites for hydroxylation is 1. The maximum atomic E-state index is 14.4. The van der Waals surface area contributed by atoms with Crippen LogP contribution in [0.1, 0.15) is 6.92 Å². The van der Waals surface area contributed by atoms with E-state index in [0.29, 0.717) is 17.4 Å². The molecule has 3 rings (SSSR count). The van der Waals surface area contributed by atoms with Crippen molar-refractivity contribution in [2.75, 3.05) is 5.73 Å². The van der Waals surface area contributed by atoms with Crippen LogP contribution in [0.25, 0.3) is 22.0 Å². The first-order valence-corrected chi connectivity index (χ1v) is 7.62. The van der Waals surface area contributed by atoms with E-state index in [2.05, 4.69) is 4.98 Å². The molecular weight excluding hydrogens is 340 g/mol. The highest BCUT2D eigenvalue weighted by molar-refractivity contribution is 6.33. The summed E-state index contributed by atoms with van der Waals surface area (Å²) in [5.74, 6) is -0.710. The van der Waals surface area contributed by atoms with Crippen LogP contribution in [0.4, 0.5) is 10.1 Å². The number of anilines is 1. The molecule has 0 amide bonds. The maximum absolute atomic E-state index is 14.4. The van der Waals surface area contributed by atoms with E-state index in [0.717, 1.165) is 0 Å². The quantitative estimate of drug-likeness (QED) is 0.558. The SMILES string of the molecule is CCn1c(=O)c(-c2c(Cl)ccc(N)c2F)cc2cnc(Cl)cc21. The number of halogens is 3. The molecule has 23 heavy (non-hydrogen) atoms. The zero-order valence-electron chi connectivity index (χ0n) is 12.1. The third kappa shape index (κ3) is 2.56. The summed E-state index contributed by atoms with van der Waals surface area (Å²) in [6, 6.07) is 5.98. The van der Waals surface area contributed by atoms with Crippen molar-refractivity contribution in [3.8, 4) is 11.1 Å². The van der Waals surface area contributed by atoms with Gasteiger partial charge in [-0.15, -0.1) is 0 Å². The fourth-order valence-electron chi connectivity index (χ4n) is 2.56. The van der Waals surface area contributed by atoms with Crippen LogP contribution >= 0.6 is 23.2 Å². The van der Waals surface area contributed by atoms with E-state index in [-0.39, 0.29) is 32.5 Å². The monoisotopic (exact) mass is 351 g/mol. The van der Waals surface area contributed by atoms with Crippen LogP contribution in [-0.4, -0.2) is 9.55 Å². The molecule has 0 fully saturated rings. The number of hydrogen-bond acceptors (Lipinski definition) is 3. The van der Waals surface area contributed by atoms with Gasteiger partial charge in [0.2, 0.25) is 0 Å². The highest BCUT2D eigenvalue weighted by atomic mass is 35.5. The van der Waals surface area contributed by atoms with Gasteiger partial charge < -0.3 is 10.3 Å². The van der Waals surface area contributed by atoms with Gasteiger partial charge >= 0.3 is 0 Å². The largest absolute Gasteiger partial charge is 0.396 e. The number of nitrogens with two attached hydrogens (primary N) is 1. The number of fused-ring (bicyclic) bond motifs is 1. The van der Waals surface area contributed by atoms with E-state index >= 15 is 0 Å². The van der Waals surface area contributed by atoms with E-state index in [1.54, 1.807) is 12.1 Å². The molecule has 0 atom stereocenters. The Labute approximate surface area is 141 Å². The van der Waals surface area contributed by atoms with Gasteiger partial charge in [0, 0.05) is 23.7 Å². The lowest BCUT2D eigenvalue weighted by Gasteiger charge is -2.13. The molecule has 118 valence electrons. The van der Waals surface area contributed by atoms with Gasteiger partial charge in [-0.25, -0.2) is 9.37 Å². The summed E-state index contributed by atoms with van der Waals surface area (Å²) in [6.07, 6.45) is 1.53. The molecular formula is C16H12Cl2FN3O. The summed E-state index contributed by atoms with van der Waals surface area (Å²) in [6.45, 7) is 2.21. The summed E-state index contributed by atoms with van der Waals surface area (Å²) in [5.41, 5.74) is 5.93. The fraction of sp³-hybridized carbons (Fsp3) is 0.125. The third-order valence-corrected chi connectivity index (χ3v) is 4.17. The lowest BCUT2D eigenvalue weighted by molar-refractivity contribution is 0.635. The van der Waals surface area contributed by atoms with Crippen LogP contribution in [0.3, 0.4) is 0 Å². The van der Waals surface area contributed by atoms with Crippen LogP contribution < -0.4 is 11.3 Å². The maximum Gasteiger partial charge on any atom is 0.259 e. The van der Waals surface area contributed by atoms with Gasteiger partial charge in [-0.2, -0.15) is 0 Å². The predicted octanol–water partition coefficient (Wildman–Crippen LogP) is 4.11. The summed E-state index contributed by atoms with van der Waals surface area (Å²) in [7, 11) is 0. The van der Waals surface area contributed by atoms with E-state index in [4.69, 9.17) is 28.9 Å². The smallest absolute Gasteiger partial charge is 0.259 e. The lowest BCUT2D eigenvalue weighted by atomic mass is 10.0. The highest BCUT2D eigenvalue weighted by Gasteiger charge is 2.18. The number of pyridine rings is 2. The number of aromatic nitrogens is 2. The third-order valence-electron chi connectivity index (χ3n) is 3.65. The second-order valence-corrected chi connectivity index (χ2v) is 5.79. The van der Waals surface area contributed by atoms with E-state index in [1.165, 1.54) is 22.9 Å². The van der Waals surface area contributed by atoms with Crippen molar-refractivity contribution in [1.29, 1.82) is 0 Å². The molecule has 0 saturated heterocycles. The first-order chi connectivity index (χ1) is 10.9. The first-order valence-electron chi connectivity index (χ1n) is 6.87. The van der Waals surface area contributed by atoms with E-state index in [9.17, 15) is 9.18 Å². The van der Waals surface area contributed by atoms with Gasteiger partial charge in [0.05, 0.1) is 21.8 Å². The number of nitrogen functional groups attached to an aromatic ring is 1. The molecule has 1 aromatic carbocycles. The molecule has 0 bridgehead atoms. The minimum atomic E-state index is -0.710. The van der Waals surface area contributed by atoms with Crippen molar-refractivity contribution in [2.24, 2.45) is 0 Å². The standard InChI is InChI=1S/C16H12Cl2FN3O/c1-2-22-12-6-13(18)21-7-8(12)5-9(16(22)23)14-10(17)3-4-11(20)15(14)19/h3-7H,2,20H2,1H3. The molecule has 2 heterocycles. The molecule has 0 aliphatic heterocycles. The van der Waals surface area contributed by atoms with Gasteiger partial charge in [0.25, 0.3) is 5.56 Å². The van der Waals surface area contributed by atoms with E-state index < -0.39 is 5.82 Å². The average Bonchev–Trinajstić information content (AvgIpc) is 2.52. The molecule has 2 aromatic heterocycles. The van der Waals surface area contributed by atoms with Gasteiger partial charge in [0.1, 0.15) is 5.15 Å². The lowest BCUT2D eigenvalue weighted by Crippen LogP contribution is -2.22. The van der Waals surface area contributed by atoms with Crippen molar-refractivity contribution < 1.29 is 4.39 Å². The molecule has 3 aromatic rings. The van der Waals surface area contributed by atoms with Gasteiger partial charge in [-0.05, 0) is 31.2 Å².